The third-order valence-corrected chi connectivity index (χ3v) is 5.09. The fourth-order valence-corrected chi connectivity index (χ4v) is 3.97. The maximum Gasteiger partial charge on any atom is 0.352 e. The van der Waals surface area contributed by atoms with Crippen molar-refractivity contribution in [3.05, 3.63) is 22.8 Å². The van der Waals surface area contributed by atoms with Crippen LogP contribution in [0.2, 0.25) is 0 Å². The molecule has 1 aromatic rings. The number of thioether (sulfide) groups is 1. The highest BCUT2D eigenvalue weighted by molar-refractivity contribution is 8.00. The van der Waals surface area contributed by atoms with Crippen molar-refractivity contribution < 1.29 is 19.5 Å². The number of aromatic nitrogens is 2. The summed E-state index contributed by atoms with van der Waals surface area (Å²) in [6.07, 6.45) is 1.40. The summed E-state index contributed by atoms with van der Waals surface area (Å²) in [5.41, 5.74) is 6.07. The third-order valence-electron chi connectivity index (χ3n) is 3.21. The Labute approximate surface area is 132 Å². The van der Waals surface area contributed by atoms with Gasteiger partial charge in [-0.1, -0.05) is 4.49 Å². The van der Waals surface area contributed by atoms with Crippen molar-refractivity contribution in [3.8, 4) is 0 Å². The highest BCUT2D eigenvalue weighted by Gasteiger charge is 2.52. The first-order chi connectivity index (χ1) is 10.5. The van der Waals surface area contributed by atoms with Gasteiger partial charge in [0.05, 0.1) is 17.5 Å². The summed E-state index contributed by atoms with van der Waals surface area (Å²) in [6.45, 7) is 0. The number of aliphatic carboxylic acids is 1. The number of carbonyl (C=O) groups excluding carboxylic acids is 2. The molecular formula is C11H11N5O4S2. The van der Waals surface area contributed by atoms with Crippen LogP contribution in [0.15, 0.2) is 17.2 Å². The van der Waals surface area contributed by atoms with E-state index < -0.39 is 28.7 Å². The number of carboxylic acids is 1. The number of amides is 2. The van der Waals surface area contributed by atoms with E-state index in [1.165, 1.54) is 17.8 Å². The van der Waals surface area contributed by atoms with Gasteiger partial charge in [0, 0.05) is 5.38 Å². The highest BCUT2D eigenvalue weighted by atomic mass is 32.2. The van der Waals surface area contributed by atoms with E-state index in [0.29, 0.717) is 5.69 Å². The fourth-order valence-electron chi connectivity index (χ4n) is 2.19. The number of β-lactam (4-membered cyclic amide) rings is 1. The first-order valence-corrected chi connectivity index (χ1v) is 8.00. The molecule has 0 bridgehead atoms. The molecule has 3 heterocycles. The van der Waals surface area contributed by atoms with Crippen molar-refractivity contribution in [1.29, 1.82) is 0 Å². The molecule has 9 nitrogen and oxygen atoms in total. The molecule has 0 aromatic carbocycles. The normalized spacial score (nSPS) is 26.8. The van der Waals surface area contributed by atoms with Gasteiger partial charge in [0.15, 0.2) is 0 Å². The van der Waals surface area contributed by atoms with Crippen molar-refractivity contribution in [3.63, 3.8) is 0 Å². The van der Waals surface area contributed by atoms with Gasteiger partial charge in [0.2, 0.25) is 11.8 Å². The molecule has 0 spiro atoms. The van der Waals surface area contributed by atoms with E-state index in [4.69, 9.17) is 5.73 Å². The molecule has 1 saturated heterocycles. The van der Waals surface area contributed by atoms with E-state index in [-0.39, 0.29) is 18.0 Å². The number of carbonyl (C=O) groups is 3. The van der Waals surface area contributed by atoms with E-state index in [9.17, 15) is 19.5 Å². The van der Waals surface area contributed by atoms with Gasteiger partial charge in [-0.15, -0.1) is 16.9 Å². The minimum Gasteiger partial charge on any atom is -0.477 e. The zero-order valence-electron chi connectivity index (χ0n) is 11.0. The van der Waals surface area contributed by atoms with Crippen LogP contribution < -0.4 is 11.1 Å². The topological polar surface area (TPSA) is 139 Å². The summed E-state index contributed by atoms with van der Waals surface area (Å²) in [7, 11) is 0. The molecule has 4 N–H and O–H groups in total. The zero-order valence-corrected chi connectivity index (χ0v) is 12.6. The lowest BCUT2D eigenvalue weighted by molar-refractivity contribution is -0.147. The quantitative estimate of drug-likeness (QED) is 0.576. The van der Waals surface area contributed by atoms with Gasteiger partial charge in [0.25, 0.3) is 0 Å². The summed E-state index contributed by atoms with van der Waals surface area (Å²) < 4.78 is 3.66. The molecule has 2 aliphatic rings. The van der Waals surface area contributed by atoms with Crippen LogP contribution in [0.3, 0.4) is 0 Å². The second-order valence-corrected chi connectivity index (χ2v) is 6.55. The maximum atomic E-state index is 11.9. The van der Waals surface area contributed by atoms with Crippen LogP contribution in [-0.2, 0) is 20.8 Å². The fraction of sp³-hybridized carbons (Fsp3) is 0.364. The molecule has 1 unspecified atom stereocenters. The minimum absolute atomic E-state index is 0.0587. The lowest BCUT2D eigenvalue weighted by Crippen LogP contribution is -2.69. The molecule has 0 radical (unpaired) electrons. The molecule has 22 heavy (non-hydrogen) atoms. The summed E-state index contributed by atoms with van der Waals surface area (Å²) in [4.78, 5) is 36.0. The van der Waals surface area contributed by atoms with Crippen molar-refractivity contribution in [2.75, 3.05) is 0 Å². The van der Waals surface area contributed by atoms with E-state index in [0.717, 1.165) is 16.4 Å². The molecular weight excluding hydrogens is 330 g/mol. The minimum atomic E-state index is -1.23. The Bertz CT molecular complexity index is 661. The van der Waals surface area contributed by atoms with Crippen LogP contribution in [-0.4, -0.2) is 54.2 Å². The number of nitrogens with zero attached hydrogens (tertiary/aromatic N) is 3. The number of rotatable bonds is 4. The van der Waals surface area contributed by atoms with Gasteiger partial charge in [0.1, 0.15) is 17.1 Å². The molecule has 0 aliphatic carbocycles. The number of carboxylic acid groups (broad SMARTS) is 1. The Morgan fingerprint density at radius 3 is 2.91 bits per heavy atom. The summed E-state index contributed by atoms with van der Waals surface area (Å²) in [6, 6.07) is -0.754. The monoisotopic (exact) mass is 341 g/mol. The molecule has 2 amide bonds. The van der Waals surface area contributed by atoms with E-state index in [1.54, 1.807) is 5.38 Å². The van der Waals surface area contributed by atoms with Crippen molar-refractivity contribution >= 4 is 41.1 Å². The van der Waals surface area contributed by atoms with Crippen LogP contribution in [0.5, 0.6) is 0 Å². The molecule has 1 aromatic heterocycles. The van der Waals surface area contributed by atoms with Crippen LogP contribution in [0.4, 0.5) is 0 Å². The molecule has 3 atom stereocenters. The number of hydrogen-bond donors (Lipinski definition) is 3. The SMILES string of the molecule is N[C@@H]1C(=O)N2C(C(=O)O)=CC(NC(=O)Cc3csnn3)S[C@H]12. The van der Waals surface area contributed by atoms with Crippen molar-refractivity contribution in [1.82, 2.24) is 19.8 Å². The predicted molar refractivity (Wildman–Crippen MR) is 77.5 cm³/mol. The number of hydrogen-bond acceptors (Lipinski definition) is 8. The average Bonchev–Trinajstić information content (AvgIpc) is 2.98. The van der Waals surface area contributed by atoms with Gasteiger partial charge in [-0.2, -0.15) is 0 Å². The van der Waals surface area contributed by atoms with E-state index >= 15 is 0 Å². The molecule has 116 valence electrons. The smallest absolute Gasteiger partial charge is 0.352 e. The van der Waals surface area contributed by atoms with Crippen LogP contribution in [0.1, 0.15) is 5.69 Å². The van der Waals surface area contributed by atoms with Crippen molar-refractivity contribution in [2.45, 2.75) is 23.2 Å². The summed E-state index contributed by atoms with van der Waals surface area (Å²) >= 11 is 2.38. The second kappa shape index (κ2) is 5.66. The number of nitrogens with one attached hydrogen (secondary N) is 1. The first kappa shape index (κ1) is 14.9. The molecule has 2 aliphatic heterocycles. The lowest BCUT2D eigenvalue weighted by atomic mass is 10.1. The molecule has 1 fully saturated rings. The van der Waals surface area contributed by atoms with Gasteiger partial charge < -0.3 is 16.2 Å². The number of nitrogens with two attached hydrogens (primary N) is 1. The Morgan fingerprint density at radius 2 is 2.27 bits per heavy atom. The Hall–Kier alpha value is -1.98. The Morgan fingerprint density at radius 1 is 1.50 bits per heavy atom. The lowest BCUT2D eigenvalue weighted by Gasteiger charge is -2.48. The Kier molecular flexibility index (Phi) is 3.85. The van der Waals surface area contributed by atoms with Gasteiger partial charge >= 0.3 is 5.97 Å². The van der Waals surface area contributed by atoms with Crippen LogP contribution in [0, 0.1) is 0 Å². The van der Waals surface area contributed by atoms with E-state index in [2.05, 4.69) is 14.9 Å². The van der Waals surface area contributed by atoms with Crippen molar-refractivity contribution in [2.24, 2.45) is 5.73 Å². The van der Waals surface area contributed by atoms with Crippen LogP contribution >= 0.6 is 23.3 Å². The van der Waals surface area contributed by atoms with Gasteiger partial charge in [-0.25, -0.2) is 4.79 Å². The largest absolute Gasteiger partial charge is 0.477 e. The van der Waals surface area contributed by atoms with Crippen LogP contribution in [0.25, 0.3) is 0 Å². The first-order valence-electron chi connectivity index (χ1n) is 6.22. The average molecular weight is 341 g/mol. The standard InChI is InChI=1S/C11H11N5O4S2/c12-8-9(18)16-5(11(19)20)2-7(22-10(8)16)13-6(17)1-4-3-21-15-14-4/h2-3,7-8,10H,1,12H2,(H,13,17)(H,19,20)/t7?,8-,10-/m1/s1. The molecule has 3 rings (SSSR count). The summed E-state index contributed by atoms with van der Waals surface area (Å²) in [5, 5.41) is 16.3. The molecule has 0 saturated carbocycles. The predicted octanol–water partition coefficient (Wildman–Crippen LogP) is -1.27. The van der Waals surface area contributed by atoms with E-state index in [1.807, 2.05) is 0 Å². The molecule has 11 heteroatoms. The maximum absolute atomic E-state index is 11.9. The number of fused-ring (bicyclic) bond motifs is 1. The zero-order chi connectivity index (χ0) is 15.9. The Balaban J connectivity index is 1.71. The summed E-state index contributed by atoms with van der Waals surface area (Å²) in [5.74, 6) is -1.96. The van der Waals surface area contributed by atoms with Gasteiger partial charge in [-0.05, 0) is 17.6 Å². The third kappa shape index (κ3) is 2.58. The highest BCUT2D eigenvalue weighted by Crippen LogP contribution is 2.39. The van der Waals surface area contributed by atoms with Gasteiger partial charge in [-0.3, -0.25) is 14.5 Å². The second-order valence-electron chi connectivity index (χ2n) is 4.68.